The average molecular weight is 240 g/mol. The summed E-state index contributed by atoms with van der Waals surface area (Å²) in [5.74, 6) is -0.238. The molecule has 1 aromatic heterocycles. The maximum atomic E-state index is 13.5. The zero-order chi connectivity index (χ0) is 10.7. The van der Waals surface area contributed by atoms with Crippen molar-refractivity contribution in [2.75, 3.05) is 0 Å². The second-order valence-corrected chi connectivity index (χ2v) is 5.05. The van der Waals surface area contributed by atoms with Crippen LogP contribution in [0.5, 0.6) is 0 Å². The van der Waals surface area contributed by atoms with Crippen molar-refractivity contribution >= 4 is 23.1 Å². The highest BCUT2D eigenvalue weighted by molar-refractivity contribution is 8.01. The Morgan fingerprint density at radius 2 is 2.33 bits per heavy atom. The van der Waals surface area contributed by atoms with E-state index in [0.29, 0.717) is 11.4 Å². The highest BCUT2D eigenvalue weighted by atomic mass is 32.2. The maximum absolute atomic E-state index is 13.5. The van der Waals surface area contributed by atoms with Crippen LogP contribution in [-0.4, -0.2) is 4.98 Å². The predicted molar refractivity (Wildman–Crippen MR) is 60.5 cm³/mol. The summed E-state index contributed by atoms with van der Waals surface area (Å²) in [4.78, 5) is 4.67. The first kappa shape index (κ1) is 10.6. The number of rotatable bonds is 3. The molecule has 0 bridgehead atoms. The quantitative estimate of drug-likeness (QED) is 0.896. The predicted octanol–water partition coefficient (Wildman–Crippen LogP) is 2.89. The molecule has 0 aliphatic rings. The molecular formula is C10H9FN2S2. The topological polar surface area (TPSA) is 38.9 Å². The lowest BCUT2D eigenvalue weighted by Crippen LogP contribution is -1.96. The minimum Gasteiger partial charge on any atom is -0.326 e. The fourth-order valence-electron chi connectivity index (χ4n) is 1.11. The molecule has 0 atom stereocenters. The van der Waals surface area contributed by atoms with Crippen LogP contribution in [0.3, 0.4) is 0 Å². The molecule has 0 fully saturated rings. The smallest absolute Gasteiger partial charge is 0.154 e. The summed E-state index contributed by atoms with van der Waals surface area (Å²) in [7, 11) is 0. The van der Waals surface area contributed by atoms with Gasteiger partial charge in [0, 0.05) is 18.1 Å². The van der Waals surface area contributed by atoms with E-state index in [1.165, 1.54) is 29.2 Å². The molecule has 1 aromatic carbocycles. The molecule has 2 nitrogen and oxygen atoms in total. The van der Waals surface area contributed by atoms with E-state index in [-0.39, 0.29) is 5.82 Å². The van der Waals surface area contributed by atoms with Crippen molar-refractivity contribution in [1.29, 1.82) is 0 Å². The minimum absolute atomic E-state index is 0.238. The Bertz CT molecular complexity index is 443. The summed E-state index contributed by atoms with van der Waals surface area (Å²) in [6.07, 6.45) is 1.71. The third kappa shape index (κ3) is 2.56. The van der Waals surface area contributed by atoms with Crippen molar-refractivity contribution in [2.24, 2.45) is 5.73 Å². The number of nitrogens with zero attached hydrogens (tertiary/aromatic N) is 1. The van der Waals surface area contributed by atoms with Crippen LogP contribution in [-0.2, 0) is 6.54 Å². The minimum atomic E-state index is -0.238. The van der Waals surface area contributed by atoms with Gasteiger partial charge in [-0.3, -0.25) is 0 Å². The molecule has 0 spiro atoms. The molecule has 1 heterocycles. The molecule has 0 aliphatic heterocycles. The standard InChI is InChI=1S/C10H9FN2S2/c11-8-5-7(6-12)1-2-9(8)15-10-13-3-4-14-10/h1-5H,6,12H2. The molecule has 2 rings (SSSR count). The van der Waals surface area contributed by atoms with Gasteiger partial charge in [-0.15, -0.1) is 11.3 Å². The molecule has 0 radical (unpaired) electrons. The Hall–Kier alpha value is -0.910. The molecule has 0 amide bonds. The number of halogens is 1. The summed E-state index contributed by atoms with van der Waals surface area (Å²) >= 11 is 2.83. The van der Waals surface area contributed by atoms with Gasteiger partial charge in [-0.25, -0.2) is 9.37 Å². The van der Waals surface area contributed by atoms with Gasteiger partial charge >= 0.3 is 0 Å². The Balaban J connectivity index is 2.22. The van der Waals surface area contributed by atoms with Gasteiger partial charge < -0.3 is 5.73 Å². The average Bonchev–Trinajstić information content (AvgIpc) is 2.74. The zero-order valence-corrected chi connectivity index (χ0v) is 9.45. The van der Waals surface area contributed by atoms with Crippen molar-refractivity contribution in [3.8, 4) is 0 Å². The molecule has 0 unspecified atom stereocenters. The molecule has 5 heteroatoms. The van der Waals surface area contributed by atoms with E-state index in [9.17, 15) is 4.39 Å². The highest BCUT2D eigenvalue weighted by Crippen LogP contribution is 2.31. The summed E-state index contributed by atoms with van der Waals surface area (Å²) < 4.78 is 14.4. The fourth-order valence-corrected chi connectivity index (χ4v) is 2.69. The van der Waals surface area contributed by atoms with Crippen molar-refractivity contribution in [3.63, 3.8) is 0 Å². The second-order valence-electron chi connectivity index (χ2n) is 2.87. The zero-order valence-electron chi connectivity index (χ0n) is 7.81. The van der Waals surface area contributed by atoms with E-state index >= 15 is 0 Å². The first-order chi connectivity index (χ1) is 7.29. The monoisotopic (exact) mass is 240 g/mol. The van der Waals surface area contributed by atoms with E-state index < -0.39 is 0 Å². The van der Waals surface area contributed by atoms with Gasteiger partial charge in [-0.05, 0) is 17.7 Å². The van der Waals surface area contributed by atoms with Crippen molar-refractivity contribution in [1.82, 2.24) is 4.98 Å². The van der Waals surface area contributed by atoms with Crippen LogP contribution in [0.25, 0.3) is 0 Å². The van der Waals surface area contributed by atoms with Crippen molar-refractivity contribution < 1.29 is 4.39 Å². The third-order valence-electron chi connectivity index (χ3n) is 1.84. The fraction of sp³-hybridized carbons (Fsp3) is 0.100. The third-order valence-corrected chi connectivity index (χ3v) is 3.77. The van der Waals surface area contributed by atoms with Crippen LogP contribution in [0.15, 0.2) is 39.0 Å². The van der Waals surface area contributed by atoms with E-state index in [0.717, 1.165) is 9.90 Å². The van der Waals surface area contributed by atoms with Gasteiger partial charge in [-0.1, -0.05) is 17.8 Å². The van der Waals surface area contributed by atoms with Crippen LogP contribution in [0, 0.1) is 5.82 Å². The van der Waals surface area contributed by atoms with Gasteiger partial charge in [0.2, 0.25) is 0 Å². The molecule has 15 heavy (non-hydrogen) atoms. The Morgan fingerprint density at radius 1 is 1.47 bits per heavy atom. The lowest BCUT2D eigenvalue weighted by atomic mass is 10.2. The van der Waals surface area contributed by atoms with Gasteiger partial charge in [0.25, 0.3) is 0 Å². The normalized spacial score (nSPS) is 10.5. The van der Waals surface area contributed by atoms with Gasteiger partial charge in [-0.2, -0.15) is 0 Å². The van der Waals surface area contributed by atoms with Crippen LogP contribution in [0.2, 0.25) is 0 Å². The SMILES string of the molecule is NCc1ccc(Sc2nccs2)c(F)c1. The van der Waals surface area contributed by atoms with E-state index in [1.807, 2.05) is 11.4 Å². The van der Waals surface area contributed by atoms with Gasteiger partial charge in [0.05, 0.1) is 4.90 Å². The Kier molecular flexibility index (Phi) is 3.35. The molecule has 2 N–H and O–H groups in total. The first-order valence-electron chi connectivity index (χ1n) is 4.35. The first-order valence-corrected chi connectivity index (χ1v) is 6.05. The number of hydrogen-bond acceptors (Lipinski definition) is 4. The van der Waals surface area contributed by atoms with Crippen LogP contribution >= 0.6 is 23.1 Å². The molecule has 0 saturated carbocycles. The molecule has 2 aromatic rings. The summed E-state index contributed by atoms with van der Waals surface area (Å²) in [5.41, 5.74) is 6.22. The number of benzene rings is 1. The Labute approximate surface area is 95.3 Å². The summed E-state index contributed by atoms with van der Waals surface area (Å²) in [5, 5.41) is 1.87. The highest BCUT2D eigenvalue weighted by Gasteiger charge is 2.06. The van der Waals surface area contributed by atoms with Gasteiger partial charge in [0.15, 0.2) is 4.34 Å². The molecule has 0 saturated heterocycles. The largest absolute Gasteiger partial charge is 0.326 e. The summed E-state index contributed by atoms with van der Waals surface area (Å²) in [6.45, 7) is 0.360. The lowest BCUT2D eigenvalue weighted by molar-refractivity contribution is 0.599. The number of thiazole rings is 1. The maximum Gasteiger partial charge on any atom is 0.154 e. The van der Waals surface area contributed by atoms with Crippen LogP contribution < -0.4 is 5.73 Å². The van der Waals surface area contributed by atoms with Crippen LogP contribution in [0.4, 0.5) is 4.39 Å². The second kappa shape index (κ2) is 4.74. The molecule has 78 valence electrons. The van der Waals surface area contributed by atoms with E-state index in [4.69, 9.17) is 5.73 Å². The number of aromatic nitrogens is 1. The summed E-state index contributed by atoms with van der Waals surface area (Å²) in [6, 6.07) is 5.04. The van der Waals surface area contributed by atoms with E-state index in [2.05, 4.69) is 4.98 Å². The van der Waals surface area contributed by atoms with Crippen molar-refractivity contribution in [2.45, 2.75) is 15.8 Å². The van der Waals surface area contributed by atoms with Crippen molar-refractivity contribution in [3.05, 3.63) is 41.2 Å². The van der Waals surface area contributed by atoms with E-state index in [1.54, 1.807) is 12.3 Å². The molecular weight excluding hydrogens is 231 g/mol. The lowest BCUT2D eigenvalue weighted by Gasteiger charge is -2.02. The van der Waals surface area contributed by atoms with Crippen LogP contribution in [0.1, 0.15) is 5.56 Å². The number of hydrogen-bond donors (Lipinski definition) is 1. The number of nitrogens with two attached hydrogens (primary N) is 1. The Morgan fingerprint density at radius 3 is 2.93 bits per heavy atom. The molecule has 0 aliphatic carbocycles. The van der Waals surface area contributed by atoms with Gasteiger partial charge in [0.1, 0.15) is 5.82 Å².